The minimum absolute atomic E-state index is 0.181. The molecule has 0 aliphatic carbocycles. The molecule has 5 nitrogen and oxygen atoms in total. The van der Waals surface area contributed by atoms with E-state index in [9.17, 15) is 4.79 Å². The molecule has 2 aromatic heterocycles. The maximum absolute atomic E-state index is 12.1. The fraction of sp³-hybridized carbons (Fsp3) is 0.167. The van der Waals surface area contributed by atoms with E-state index in [1.165, 1.54) is 4.45 Å². The smallest absolute Gasteiger partial charge is 0.289 e. The second-order valence-corrected chi connectivity index (χ2v) is 7.87. The van der Waals surface area contributed by atoms with Gasteiger partial charge in [-0.1, -0.05) is 36.7 Å². The molecular formula is C18H16ClIN3O2P. The Kier molecular flexibility index (Phi) is 6.62. The van der Waals surface area contributed by atoms with E-state index in [4.69, 9.17) is 16.3 Å². The molecular weight excluding hydrogens is 484 g/mol. The lowest BCUT2D eigenvalue weighted by molar-refractivity contribution is 0.304. The third-order valence-electron chi connectivity index (χ3n) is 3.88. The van der Waals surface area contributed by atoms with Crippen LogP contribution >= 0.6 is 40.0 Å². The lowest BCUT2D eigenvalue weighted by Gasteiger charge is -2.10. The SMILES string of the molecule is CCc1ncccc1COc1ccc(-c2cnn(PI)c(=O)c2Cl)cc1. The van der Waals surface area contributed by atoms with Gasteiger partial charge in [0.1, 0.15) is 17.4 Å². The number of aromatic nitrogens is 3. The molecule has 1 aromatic carbocycles. The van der Waals surface area contributed by atoms with E-state index in [1.807, 2.05) is 36.4 Å². The van der Waals surface area contributed by atoms with Gasteiger partial charge < -0.3 is 4.74 Å². The average Bonchev–Trinajstić information content (AvgIpc) is 2.69. The zero-order chi connectivity index (χ0) is 18.5. The Morgan fingerprint density at radius 1 is 1.27 bits per heavy atom. The topological polar surface area (TPSA) is 57.0 Å². The van der Waals surface area contributed by atoms with Gasteiger partial charge in [-0.2, -0.15) is 5.10 Å². The maximum Gasteiger partial charge on any atom is 0.289 e. The van der Waals surface area contributed by atoms with E-state index in [-0.39, 0.29) is 17.0 Å². The molecule has 134 valence electrons. The van der Waals surface area contributed by atoms with Gasteiger partial charge in [0.05, 0.1) is 12.6 Å². The number of hydrogen-bond acceptors (Lipinski definition) is 4. The molecule has 0 spiro atoms. The van der Waals surface area contributed by atoms with Crippen LogP contribution in [0.4, 0.5) is 0 Å². The average molecular weight is 500 g/mol. The van der Waals surface area contributed by atoms with Crippen LogP contribution in [0.1, 0.15) is 18.2 Å². The van der Waals surface area contributed by atoms with E-state index in [2.05, 4.69) is 39.0 Å². The largest absolute Gasteiger partial charge is 0.489 e. The Hall–Kier alpha value is -1.50. The number of halogens is 2. The van der Waals surface area contributed by atoms with Gasteiger partial charge in [-0.25, -0.2) is 4.45 Å². The summed E-state index contributed by atoms with van der Waals surface area (Å²) in [4.78, 5) is 16.5. The first-order valence-corrected chi connectivity index (χ1v) is 12.4. The highest BCUT2D eigenvalue weighted by atomic mass is 127. The molecule has 0 radical (unpaired) electrons. The van der Waals surface area contributed by atoms with Crippen molar-refractivity contribution in [2.24, 2.45) is 0 Å². The van der Waals surface area contributed by atoms with Crippen molar-refractivity contribution in [3.8, 4) is 16.9 Å². The quantitative estimate of drug-likeness (QED) is 0.358. The van der Waals surface area contributed by atoms with Crippen LogP contribution in [0.5, 0.6) is 5.75 Å². The molecule has 0 N–H and O–H groups in total. The maximum atomic E-state index is 12.1. The predicted molar refractivity (Wildman–Crippen MR) is 115 cm³/mol. The molecule has 2 heterocycles. The zero-order valence-electron chi connectivity index (χ0n) is 13.9. The molecule has 3 rings (SSSR count). The summed E-state index contributed by atoms with van der Waals surface area (Å²) in [6, 6.07) is 11.4. The molecule has 0 bridgehead atoms. The second-order valence-electron chi connectivity index (χ2n) is 5.45. The highest BCUT2D eigenvalue weighted by Crippen LogP contribution is 2.28. The van der Waals surface area contributed by atoms with Crippen LogP contribution in [-0.2, 0) is 13.0 Å². The van der Waals surface area contributed by atoms with Crippen molar-refractivity contribution in [2.45, 2.75) is 20.0 Å². The van der Waals surface area contributed by atoms with Crippen LogP contribution in [0.2, 0.25) is 5.02 Å². The van der Waals surface area contributed by atoms with E-state index >= 15 is 0 Å². The number of pyridine rings is 1. The molecule has 0 saturated carbocycles. The van der Waals surface area contributed by atoms with E-state index in [0.717, 1.165) is 29.0 Å². The molecule has 0 amide bonds. The van der Waals surface area contributed by atoms with Crippen LogP contribution < -0.4 is 10.3 Å². The Morgan fingerprint density at radius 3 is 2.73 bits per heavy atom. The van der Waals surface area contributed by atoms with Crippen LogP contribution in [0, 0.1) is 0 Å². The number of benzene rings is 1. The number of ether oxygens (including phenoxy) is 1. The van der Waals surface area contributed by atoms with E-state index in [1.54, 1.807) is 12.4 Å². The van der Waals surface area contributed by atoms with Crippen molar-refractivity contribution in [3.05, 3.63) is 75.4 Å². The monoisotopic (exact) mass is 499 g/mol. The fourth-order valence-corrected chi connectivity index (χ4v) is 4.14. The lowest BCUT2D eigenvalue weighted by Crippen LogP contribution is -2.16. The summed E-state index contributed by atoms with van der Waals surface area (Å²) in [7, 11) is 0. The van der Waals surface area contributed by atoms with Crippen LogP contribution in [0.25, 0.3) is 11.1 Å². The van der Waals surface area contributed by atoms with Gasteiger partial charge in [0.2, 0.25) is 0 Å². The summed E-state index contributed by atoms with van der Waals surface area (Å²) in [5, 5.41) is 4.32. The summed E-state index contributed by atoms with van der Waals surface area (Å²) >= 11 is 8.31. The molecule has 1 atom stereocenters. The molecule has 0 fully saturated rings. The standard InChI is InChI=1S/C18H16ClIN3O2P/c1-2-16-13(4-3-9-21-16)11-25-14-7-5-12(6-8-14)15-10-22-23(26-20)18(24)17(15)19/h3-10,26H,2,11H2,1H3. The Labute approximate surface area is 171 Å². The Bertz CT molecular complexity index is 963. The number of hydrogen-bond donors (Lipinski definition) is 0. The molecule has 0 saturated heterocycles. The lowest BCUT2D eigenvalue weighted by atomic mass is 10.1. The van der Waals surface area contributed by atoms with Crippen molar-refractivity contribution in [3.63, 3.8) is 0 Å². The van der Waals surface area contributed by atoms with Crippen molar-refractivity contribution in [1.29, 1.82) is 0 Å². The van der Waals surface area contributed by atoms with Gasteiger partial charge >= 0.3 is 0 Å². The van der Waals surface area contributed by atoms with Gasteiger partial charge in [0, 0.05) is 23.0 Å². The summed E-state index contributed by atoms with van der Waals surface area (Å²) < 4.78 is 7.21. The highest BCUT2D eigenvalue weighted by molar-refractivity contribution is 14.2. The third-order valence-corrected chi connectivity index (χ3v) is 6.09. The molecule has 8 heteroatoms. The van der Waals surface area contributed by atoms with Gasteiger partial charge in [-0.05, 0) is 52.2 Å². The van der Waals surface area contributed by atoms with Crippen molar-refractivity contribution in [1.82, 2.24) is 14.5 Å². The molecule has 1 unspecified atom stereocenters. The first-order chi connectivity index (χ1) is 12.6. The van der Waals surface area contributed by atoms with Gasteiger partial charge in [0.25, 0.3) is 5.56 Å². The van der Waals surface area contributed by atoms with Gasteiger partial charge in [0.15, 0.2) is 0 Å². The summed E-state index contributed by atoms with van der Waals surface area (Å²) in [6.45, 7) is 2.54. The Morgan fingerprint density at radius 2 is 2.04 bits per heavy atom. The van der Waals surface area contributed by atoms with Crippen molar-refractivity contribution >= 4 is 40.0 Å². The first-order valence-electron chi connectivity index (χ1n) is 7.94. The van der Waals surface area contributed by atoms with Gasteiger partial charge in [-0.15, -0.1) is 0 Å². The number of nitrogens with zero attached hydrogens (tertiary/aromatic N) is 3. The molecule has 26 heavy (non-hydrogen) atoms. The summed E-state index contributed by atoms with van der Waals surface area (Å²) in [5.74, 6) is 0.742. The van der Waals surface area contributed by atoms with Gasteiger partial charge in [-0.3, -0.25) is 9.78 Å². The highest BCUT2D eigenvalue weighted by Gasteiger charge is 2.11. The minimum Gasteiger partial charge on any atom is -0.489 e. The molecule has 3 aromatic rings. The van der Waals surface area contributed by atoms with Crippen molar-refractivity contribution < 1.29 is 4.74 Å². The van der Waals surface area contributed by atoms with Crippen LogP contribution in [0.15, 0.2) is 53.6 Å². The van der Waals surface area contributed by atoms with Crippen molar-refractivity contribution in [2.75, 3.05) is 0 Å². The van der Waals surface area contributed by atoms with Crippen LogP contribution in [0.3, 0.4) is 0 Å². The number of aryl methyl sites for hydroxylation is 1. The molecule has 0 aliphatic heterocycles. The normalized spacial score (nSPS) is 11.2. The van der Waals surface area contributed by atoms with E-state index in [0.29, 0.717) is 12.2 Å². The second kappa shape index (κ2) is 8.93. The predicted octanol–water partition coefficient (Wildman–Crippen LogP) is 4.89. The summed E-state index contributed by atoms with van der Waals surface area (Å²) in [6.07, 6.45) is 4.50. The van der Waals surface area contributed by atoms with E-state index < -0.39 is 0 Å². The van der Waals surface area contributed by atoms with Crippen LogP contribution in [-0.4, -0.2) is 14.5 Å². The third kappa shape index (κ3) is 4.24. The Balaban J connectivity index is 1.77. The zero-order valence-corrected chi connectivity index (χ0v) is 17.9. The minimum atomic E-state index is -0.277. The fourth-order valence-electron chi connectivity index (χ4n) is 2.51. The summed E-state index contributed by atoms with van der Waals surface area (Å²) in [5.41, 5.74) is 3.29. The first kappa shape index (κ1) is 19.3. The molecule has 0 aliphatic rings. The number of rotatable bonds is 6.